The zero-order chi connectivity index (χ0) is 22.1. The van der Waals surface area contributed by atoms with E-state index in [1.54, 1.807) is 19.1 Å². The molecular formula is C25H19N3O4. The second kappa shape index (κ2) is 8.03. The quantitative estimate of drug-likeness (QED) is 0.399. The lowest BCUT2D eigenvalue weighted by molar-refractivity contribution is 0.0682. The fraction of sp³-hybridized carbons (Fsp3) is 0.0800. The first-order valence-electron chi connectivity index (χ1n) is 10.1. The molecule has 1 N–H and O–H groups in total. The largest absolute Gasteiger partial charge is 0.486 e. The monoisotopic (exact) mass is 425 g/mol. The molecule has 0 fully saturated rings. The predicted octanol–water partition coefficient (Wildman–Crippen LogP) is 5.26. The highest BCUT2D eigenvalue weighted by atomic mass is 16.5. The average Bonchev–Trinajstić information content (AvgIpc) is 3.19. The minimum absolute atomic E-state index is 0.0687. The Hall–Kier alpha value is -4.39. The number of benzene rings is 3. The molecule has 0 aliphatic rings. The van der Waals surface area contributed by atoms with Crippen LogP contribution in [0, 0.1) is 6.92 Å². The molecule has 5 aromatic rings. The highest BCUT2D eigenvalue weighted by Gasteiger charge is 2.24. The number of nitrogens with zero attached hydrogens (tertiary/aromatic N) is 3. The van der Waals surface area contributed by atoms with Crippen LogP contribution in [0.15, 0.2) is 78.9 Å². The number of aromatic nitrogens is 3. The Morgan fingerprint density at radius 1 is 0.938 bits per heavy atom. The van der Waals surface area contributed by atoms with E-state index in [0.717, 1.165) is 5.56 Å². The number of carbonyl (C=O) groups is 1. The maximum Gasteiger partial charge on any atom is 0.358 e. The zero-order valence-corrected chi connectivity index (χ0v) is 17.2. The molecule has 7 nitrogen and oxygen atoms in total. The summed E-state index contributed by atoms with van der Waals surface area (Å²) in [7, 11) is 0. The summed E-state index contributed by atoms with van der Waals surface area (Å²) in [6.07, 6.45) is 0. The van der Waals surface area contributed by atoms with Crippen LogP contribution in [0.1, 0.15) is 21.9 Å². The molecule has 0 spiro atoms. The first-order valence-corrected chi connectivity index (χ1v) is 10.1. The van der Waals surface area contributed by atoms with Crippen LogP contribution in [0.2, 0.25) is 0 Å². The molecule has 0 saturated carbocycles. The van der Waals surface area contributed by atoms with Gasteiger partial charge in [0.05, 0.1) is 0 Å². The van der Waals surface area contributed by atoms with Gasteiger partial charge in [0.15, 0.2) is 17.1 Å². The molecule has 3 aromatic carbocycles. The van der Waals surface area contributed by atoms with Crippen LogP contribution in [0.5, 0.6) is 17.2 Å². The van der Waals surface area contributed by atoms with E-state index in [2.05, 4.69) is 10.1 Å². The van der Waals surface area contributed by atoms with E-state index >= 15 is 0 Å². The van der Waals surface area contributed by atoms with E-state index in [-0.39, 0.29) is 18.1 Å². The Balaban J connectivity index is 1.68. The maximum atomic E-state index is 12.2. The Bertz CT molecular complexity index is 1430. The number of aromatic carboxylic acids is 1. The Labute approximate surface area is 183 Å². The number of ether oxygens (including phenoxy) is 2. The number of aryl methyl sites for hydroxylation is 1. The molecule has 0 radical (unpaired) electrons. The molecule has 5 rings (SSSR count). The van der Waals surface area contributed by atoms with Crippen molar-refractivity contribution in [3.63, 3.8) is 0 Å². The molecule has 0 amide bonds. The average molecular weight is 425 g/mol. The number of para-hydroxylation sites is 1. The van der Waals surface area contributed by atoms with Crippen molar-refractivity contribution in [3.8, 4) is 17.2 Å². The van der Waals surface area contributed by atoms with Crippen LogP contribution >= 0.6 is 0 Å². The molecule has 158 valence electrons. The van der Waals surface area contributed by atoms with Gasteiger partial charge in [0.1, 0.15) is 23.9 Å². The van der Waals surface area contributed by atoms with Crippen molar-refractivity contribution < 1.29 is 19.4 Å². The fourth-order valence-corrected chi connectivity index (χ4v) is 3.63. The van der Waals surface area contributed by atoms with Gasteiger partial charge in [0.25, 0.3) is 0 Å². The van der Waals surface area contributed by atoms with Crippen LogP contribution in [0.4, 0.5) is 0 Å². The van der Waals surface area contributed by atoms with E-state index in [9.17, 15) is 9.90 Å². The number of carboxylic acids is 1. The van der Waals surface area contributed by atoms with Crippen molar-refractivity contribution in [2.45, 2.75) is 13.5 Å². The van der Waals surface area contributed by atoms with Crippen molar-refractivity contribution in [1.29, 1.82) is 0 Å². The number of hydrogen-bond acceptors (Lipinski definition) is 5. The third-order valence-electron chi connectivity index (χ3n) is 5.02. The van der Waals surface area contributed by atoms with E-state index in [4.69, 9.17) is 9.47 Å². The number of carboxylic acid groups (broad SMARTS) is 1. The first kappa shape index (κ1) is 19.6. The molecule has 0 unspecified atom stereocenters. The van der Waals surface area contributed by atoms with Gasteiger partial charge in [-0.25, -0.2) is 14.3 Å². The minimum atomic E-state index is -1.14. The van der Waals surface area contributed by atoms with Crippen molar-refractivity contribution in [2.24, 2.45) is 0 Å². The van der Waals surface area contributed by atoms with Crippen molar-refractivity contribution in [3.05, 3.63) is 95.9 Å². The molecule has 7 heteroatoms. The third kappa shape index (κ3) is 3.60. The summed E-state index contributed by atoms with van der Waals surface area (Å²) in [4.78, 5) is 16.7. The summed E-state index contributed by atoms with van der Waals surface area (Å²) >= 11 is 0. The van der Waals surface area contributed by atoms with Gasteiger partial charge in [-0.2, -0.15) is 5.10 Å². The molecule has 0 aliphatic carbocycles. The van der Waals surface area contributed by atoms with Gasteiger partial charge in [0, 0.05) is 10.8 Å². The van der Waals surface area contributed by atoms with E-state index in [1.165, 1.54) is 4.52 Å². The number of rotatable bonds is 6. The number of pyridine rings is 1. The van der Waals surface area contributed by atoms with Crippen molar-refractivity contribution in [1.82, 2.24) is 14.6 Å². The molecule has 0 atom stereocenters. The lowest BCUT2D eigenvalue weighted by Crippen LogP contribution is -2.11. The Kier molecular flexibility index (Phi) is 4.91. The molecule has 0 saturated heterocycles. The zero-order valence-electron chi connectivity index (χ0n) is 17.2. The van der Waals surface area contributed by atoms with Crippen LogP contribution in [0.3, 0.4) is 0 Å². The molecule has 0 bridgehead atoms. The van der Waals surface area contributed by atoms with E-state index in [1.807, 2.05) is 66.7 Å². The predicted molar refractivity (Wildman–Crippen MR) is 119 cm³/mol. The molecular weight excluding hydrogens is 406 g/mol. The number of hydrogen-bond donors (Lipinski definition) is 1. The summed E-state index contributed by atoms with van der Waals surface area (Å²) in [5, 5.41) is 15.6. The van der Waals surface area contributed by atoms with Crippen LogP contribution in [-0.2, 0) is 6.61 Å². The smallest absolute Gasteiger partial charge is 0.358 e. The highest BCUT2D eigenvalue weighted by Crippen LogP contribution is 2.36. The molecule has 32 heavy (non-hydrogen) atoms. The molecule has 0 aliphatic heterocycles. The van der Waals surface area contributed by atoms with Gasteiger partial charge >= 0.3 is 5.97 Å². The van der Waals surface area contributed by atoms with Crippen LogP contribution in [0.25, 0.3) is 16.4 Å². The van der Waals surface area contributed by atoms with Gasteiger partial charge < -0.3 is 14.6 Å². The lowest BCUT2D eigenvalue weighted by atomic mass is 10.1. The van der Waals surface area contributed by atoms with E-state index < -0.39 is 5.97 Å². The van der Waals surface area contributed by atoms with Gasteiger partial charge in [-0.15, -0.1) is 0 Å². The summed E-state index contributed by atoms with van der Waals surface area (Å²) in [6, 6.07) is 24.4. The van der Waals surface area contributed by atoms with Crippen molar-refractivity contribution in [2.75, 3.05) is 0 Å². The normalized spacial score (nSPS) is 11.0. The second-order valence-electron chi connectivity index (χ2n) is 7.27. The maximum absolute atomic E-state index is 12.2. The molecule has 2 heterocycles. The minimum Gasteiger partial charge on any atom is -0.486 e. The van der Waals surface area contributed by atoms with Crippen molar-refractivity contribution >= 4 is 22.4 Å². The molecule has 2 aromatic heterocycles. The summed E-state index contributed by atoms with van der Waals surface area (Å²) in [5.74, 6) is 0.851. The third-order valence-corrected chi connectivity index (χ3v) is 5.02. The summed E-state index contributed by atoms with van der Waals surface area (Å²) in [6.45, 7) is 1.94. The van der Waals surface area contributed by atoms with Gasteiger partial charge in [-0.3, -0.25) is 0 Å². The summed E-state index contributed by atoms with van der Waals surface area (Å²) in [5.41, 5.74) is 1.29. The Morgan fingerprint density at radius 2 is 1.66 bits per heavy atom. The van der Waals surface area contributed by atoms with Crippen LogP contribution in [-0.4, -0.2) is 25.7 Å². The number of fused-ring (bicyclic) bond motifs is 3. The Morgan fingerprint density at radius 3 is 2.38 bits per heavy atom. The first-order chi connectivity index (χ1) is 15.6. The topological polar surface area (TPSA) is 86.0 Å². The standard InChI is InChI=1S/C25H19N3O4/c1-16-26-24-21-14-19(32-18-10-6-3-7-11-18)12-13-20(21)23(22(25(29)30)28(24)27-16)31-15-17-8-4-2-5-9-17/h2-14H,15H2,1H3,(H,29,30). The van der Waals surface area contributed by atoms with Crippen LogP contribution < -0.4 is 9.47 Å². The fourth-order valence-electron chi connectivity index (χ4n) is 3.63. The van der Waals surface area contributed by atoms with Gasteiger partial charge in [-0.1, -0.05) is 48.5 Å². The van der Waals surface area contributed by atoms with E-state index in [0.29, 0.717) is 33.7 Å². The SMILES string of the molecule is Cc1nc2c3cc(Oc4ccccc4)ccc3c(OCc3ccccc3)c(C(=O)O)n2n1. The lowest BCUT2D eigenvalue weighted by Gasteiger charge is -2.15. The van der Waals surface area contributed by atoms with Gasteiger partial charge in [0.2, 0.25) is 0 Å². The summed E-state index contributed by atoms with van der Waals surface area (Å²) < 4.78 is 13.4. The highest BCUT2D eigenvalue weighted by molar-refractivity contribution is 6.05. The van der Waals surface area contributed by atoms with Gasteiger partial charge in [-0.05, 0) is 42.8 Å². The second-order valence-corrected chi connectivity index (χ2v) is 7.27.